The molecule has 1 saturated carbocycles. The minimum Gasteiger partial charge on any atom is -0.481 e. The number of carbonyl (C=O) groups is 1. The summed E-state index contributed by atoms with van der Waals surface area (Å²) in [6.07, 6.45) is 14.8. The predicted octanol–water partition coefficient (Wildman–Crippen LogP) is 5.71. The molecular weight excluding hydrogens is 404 g/mol. The third-order valence-electron chi connectivity index (χ3n) is 6.98. The van der Waals surface area contributed by atoms with Crippen LogP contribution in [-0.2, 0) is 14.3 Å². The van der Waals surface area contributed by atoms with Gasteiger partial charge in [0.1, 0.15) is 0 Å². The number of allylic oxidation sites excluding steroid dienone is 1. The van der Waals surface area contributed by atoms with Gasteiger partial charge in [0.25, 0.3) is 0 Å². The van der Waals surface area contributed by atoms with Crippen LogP contribution in [0.2, 0.25) is 0 Å². The van der Waals surface area contributed by atoms with Crippen LogP contribution in [0.4, 0.5) is 0 Å². The molecule has 0 aromatic heterocycles. The lowest BCUT2D eigenvalue weighted by molar-refractivity contribution is -0.196. The normalized spacial score (nSPS) is 27.2. The van der Waals surface area contributed by atoms with Crippen molar-refractivity contribution in [2.75, 3.05) is 6.61 Å². The first-order valence-corrected chi connectivity index (χ1v) is 12.6. The summed E-state index contributed by atoms with van der Waals surface area (Å²) < 4.78 is 12.3. The minimum atomic E-state index is -0.718. The van der Waals surface area contributed by atoms with E-state index in [1.165, 1.54) is 0 Å². The molecule has 0 bridgehead atoms. The van der Waals surface area contributed by atoms with Crippen molar-refractivity contribution < 1.29 is 24.5 Å². The first kappa shape index (κ1) is 26.9. The number of unbranched alkanes of at least 4 members (excludes halogenated alkanes) is 3. The molecule has 1 aliphatic carbocycles. The zero-order valence-electron chi connectivity index (χ0n) is 20.4. The van der Waals surface area contributed by atoms with E-state index in [1.54, 1.807) is 0 Å². The lowest BCUT2D eigenvalue weighted by Gasteiger charge is -2.35. The van der Waals surface area contributed by atoms with E-state index >= 15 is 0 Å². The molecular formula is C27H44O5. The number of hydrogen-bond donors (Lipinski definition) is 2. The van der Waals surface area contributed by atoms with Gasteiger partial charge in [0, 0.05) is 24.9 Å². The van der Waals surface area contributed by atoms with E-state index < -0.39 is 5.97 Å². The molecule has 1 heterocycles. The van der Waals surface area contributed by atoms with Gasteiger partial charge in [-0.1, -0.05) is 45.3 Å². The highest BCUT2D eigenvalue weighted by Crippen LogP contribution is 2.38. The minimum absolute atomic E-state index is 0.0825. The topological polar surface area (TPSA) is 76.0 Å². The van der Waals surface area contributed by atoms with Crippen molar-refractivity contribution >= 4 is 5.97 Å². The van der Waals surface area contributed by atoms with Crippen molar-refractivity contribution in [2.24, 2.45) is 17.3 Å². The number of ether oxygens (including phenoxy) is 2. The van der Waals surface area contributed by atoms with E-state index in [9.17, 15) is 9.90 Å². The first-order valence-electron chi connectivity index (χ1n) is 12.6. The summed E-state index contributed by atoms with van der Waals surface area (Å²) in [5.74, 6) is 6.14. The molecule has 0 aromatic carbocycles. The molecule has 2 fully saturated rings. The molecule has 1 saturated heterocycles. The van der Waals surface area contributed by atoms with Crippen molar-refractivity contribution in [3.05, 3.63) is 12.2 Å². The second kappa shape index (κ2) is 14.0. The van der Waals surface area contributed by atoms with Gasteiger partial charge in [0.15, 0.2) is 6.29 Å². The third-order valence-corrected chi connectivity index (χ3v) is 6.98. The van der Waals surface area contributed by atoms with E-state index in [2.05, 4.69) is 37.8 Å². The Morgan fingerprint density at radius 3 is 2.66 bits per heavy atom. The van der Waals surface area contributed by atoms with Crippen LogP contribution in [-0.4, -0.2) is 41.3 Å². The highest BCUT2D eigenvalue weighted by Gasteiger charge is 2.35. The average Bonchev–Trinajstić information content (AvgIpc) is 3.12. The van der Waals surface area contributed by atoms with Gasteiger partial charge in [0.2, 0.25) is 0 Å². The van der Waals surface area contributed by atoms with Crippen molar-refractivity contribution in [1.82, 2.24) is 0 Å². The number of rotatable bonds is 13. The second-order valence-corrected chi connectivity index (χ2v) is 10.1. The molecule has 0 spiro atoms. The zero-order valence-corrected chi connectivity index (χ0v) is 20.4. The first-order chi connectivity index (χ1) is 15.3. The zero-order chi connectivity index (χ0) is 23.4. The van der Waals surface area contributed by atoms with Crippen LogP contribution >= 0.6 is 0 Å². The average molecular weight is 449 g/mol. The lowest BCUT2D eigenvalue weighted by Crippen LogP contribution is -2.36. The molecule has 1 unspecified atom stereocenters. The molecule has 5 heteroatoms. The number of aliphatic hydroxyl groups is 1. The Bertz CT molecular complexity index is 638. The van der Waals surface area contributed by atoms with Gasteiger partial charge in [0.05, 0.1) is 12.2 Å². The van der Waals surface area contributed by atoms with Crippen LogP contribution in [0, 0.1) is 29.1 Å². The van der Waals surface area contributed by atoms with Crippen LogP contribution < -0.4 is 0 Å². The molecule has 0 aromatic rings. The monoisotopic (exact) mass is 448 g/mol. The van der Waals surface area contributed by atoms with E-state index in [-0.39, 0.29) is 36.3 Å². The summed E-state index contributed by atoms with van der Waals surface area (Å²) in [7, 11) is 0. The highest BCUT2D eigenvalue weighted by atomic mass is 16.7. The standard InChI is InChI=1S/C27H44O5/c1-4-5-19-27(2,3)24(32-26-14-10-11-20-31-26)18-16-21-15-17-23(28)22(21)12-8-6-7-9-13-25(29)30/h16,18,21-24,26,28H,6-15,17,19-20H2,1-3H3,(H,29,30)/b18-16+/t21-,22-,23+,24-,26?/m1/s1. The van der Waals surface area contributed by atoms with E-state index in [1.807, 2.05) is 6.92 Å². The van der Waals surface area contributed by atoms with Gasteiger partial charge >= 0.3 is 5.97 Å². The van der Waals surface area contributed by atoms with Gasteiger partial charge in [-0.3, -0.25) is 4.79 Å². The fourth-order valence-corrected chi connectivity index (χ4v) is 4.86. The smallest absolute Gasteiger partial charge is 0.303 e. The molecule has 2 N–H and O–H groups in total. The quantitative estimate of drug-likeness (QED) is 0.214. The summed E-state index contributed by atoms with van der Waals surface area (Å²) in [5.41, 5.74) is -0.128. The molecule has 0 amide bonds. The second-order valence-electron chi connectivity index (χ2n) is 10.1. The Morgan fingerprint density at radius 2 is 1.97 bits per heavy atom. The molecule has 5 nitrogen and oxygen atoms in total. The Balaban J connectivity index is 1.95. The summed E-state index contributed by atoms with van der Waals surface area (Å²) in [6, 6.07) is 0. The van der Waals surface area contributed by atoms with Crippen LogP contribution in [0.1, 0.15) is 97.8 Å². The maximum Gasteiger partial charge on any atom is 0.303 e. The fourth-order valence-electron chi connectivity index (χ4n) is 4.86. The fraction of sp³-hybridized carbons (Fsp3) is 0.815. The Morgan fingerprint density at radius 1 is 1.19 bits per heavy atom. The summed E-state index contributed by atoms with van der Waals surface area (Å²) in [4.78, 5) is 10.6. The number of aliphatic hydroxyl groups excluding tert-OH is 1. The molecule has 5 atom stereocenters. The van der Waals surface area contributed by atoms with Crippen molar-refractivity contribution in [2.45, 2.75) is 116 Å². The van der Waals surface area contributed by atoms with E-state index in [0.717, 1.165) is 77.2 Å². The van der Waals surface area contributed by atoms with Crippen molar-refractivity contribution in [3.8, 4) is 11.8 Å². The van der Waals surface area contributed by atoms with E-state index in [0.29, 0.717) is 5.92 Å². The largest absolute Gasteiger partial charge is 0.481 e. The number of carboxylic acid groups (broad SMARTS) is 1. The van der Waals surface area contributed by atoms with Crippen LogP contribution in [0.3, 0.4) is 0 Å². The number of aliphatic carboxylic acids is 1. The molecule has 2 aliphatic rings. The molecule has 32 heavy (non-hydrogen) atoms. The summed E-state index contributed by atoms with van der Waals surface area (Å²) >= 11 is 0. The molecule has 1 aliphatic heterocycles. The molecule has 182 valence electrons. The van der Waals surface area contributed by atoms with Crippen LogP contribution in [0.5, 0.6) is 0 Å². The summed E-state index contributed by atoms with van der Waals surface area (Å²) in [5, 5.41) is 19.3. The summed E-state index contributed by atoms with van der Waals surface area (Å²) in [6.45, 7) is 7.04. The van der Waals surface area contributed by atoms with E-state index in [4.69, 9.17) is 14.6 Å². The van der Waals surface area contributed by atoms with Gasteiger partial charge < -0.3 is 19.7 Å². The van der Waals surface area contributed by atoms with Crippen molar-refractivity contribution in [3.63, 3.8) is 0 Å². The van der Waals surface area contributed by atoms with Crippen molar-refractivity contribution in [1.29, 1.82) is 0 Å². The van der Waals surface area contributed by atoms with Gasteiger partial charge in [-0.2, -0.15) is 0 Å². The Labute approximate surface area is 195 Å². The van der Waals surface area contributed by atoms with Crippen LogP contribution in [0.25, 0.3) is 0 Å². The van der Waals surface area contributed by atoms with Gasteiger partial charge in [-0.15, -0.1) is 11.8 Å². The number of hydrogen-bond acceptors (Lipinski definition) is 4. The maximum absolute atomic E-state index is 10.6. The highest BCUT2D eigenvalue weighted by molar-refractivity contribution is 5.66. The Kier molecular flexibility index (Phi) is 11.8. The lowest BCUT2D eigenvalue weighted by atomic mass is 9.81. The van der Waals surface area contributed by atoms with Gasteiger partial charge in [-0.25, -0.2) is 0 Å². The number of carboxylic acids is 1. The Hall–Kier alpha value is -1.35. The SMILES string of the molecule is CC#CCC(C)(C)[C@@H](/C=C/[C@H]1CC[C@H](O)[C@@H]1CCCCCCC(=O)O)OC1CCCCO1. The maximum atomic E-state index is 10.6. The molecule has 2 rings (SSSR count). The van der Waals surface area contributed by atoms with Gasteiger partial charge in [-0.05, 0) is 63.7 Å². The predicted molar refractivity (Wildman–Crippen MR) is 127 cm³/mol. The van der Waals surface area contributed by atoms with Crippen LogP contribution in [0.15, 0.2) is 12.2 Å². The molecule has 0 radical (unpaired) electrons. The third kappa shape index (κ3) is 9.25.